The number of hydrogen-bond donors (Lipinski definition) is 0. The first-order valence-corrected chi connectivity index (χ1v) is 6.11. The van der Waals surface area contributed by atoms with Gasteiger partial charge in [-0.05, 0) is 6.07 Å². The van der Waals surface area contributed by atoms with Gasteiger partial charge in [0.05, 0.1) is 10.8 Å². The average Bonchev–Trinajstić information content (AvgIpc) is 2.27. The maximum Gasteiger partial charge on any atom is 0.165 e. The Kier molecular flexibility index (Phi) is 4.01. The third kappa shape index (κ3) is 2.10. The van der Waals surface area contributed by atoms with Crippen molar-refractivity contribution in [1.82, 2.24) is 0 Å². The van der Waals surface area contributed by atoms with Gasteiger partial charge >= 0.3 is 0 Å². The van der Waals surface area contributed by atoms with Crippen LogP contribution in [0.1, 0.15) is 30.6 Å². The summed E-state index contributed by atoms with van der Waals surface area (Å²) in [6, 6.07) is 7.13. The summed E-state index contributed by atoms with van der Waals surface area (Å²) in [4.78, 5) is 12.0. The fourth-order valence-electron chi connectivity index (χ4n) is 1.33. The molecular formula is C11H14O2S. The van der Waals surface area contributed by atoms with Crippen molar-refractivity contribution in [2.24, 2.45) is 0 Å². The molecule has 0 saturated heterocycles. The Morgan fingerprint density at radius 2 is 1.86 bits per heavy atom. The van der Waals surface area contributed by atoms with Gasteiger partial charge in [-0.15, -0.1) is 0 Å². The molecule has 1 aliphatic heterocycles. The van der Waals surface area contributed by atoms with E-state index in [0.29, 0.717) is 22.6 Å². The molecule has 3 heteroatoms. The minimum Gasteiger partial charge on any atom is -0.294 e. The monoisotopic (exact) mass is 210 g/mol. The molecular weight excluding hydrogens is 196 g/mol. The second kappa shape index (κ2) is 5.05. The van der Waals surface area contributed by atoms with E-state index in [1.54, 1.807) is 18.2 Å². The molecule has 2 nitrogen and oxygen atoms in total. The molecule has 0 aromatic heterocycles. The fraction of sp³-hybridized carbons (Fsp3) is 0.364. The first-order chi connectivity index (χ1) is 6.79. The molecule has 0 amide bonds. The molecule has 1 heterocycles. The molecule has 14 heavy (non-hydrogen) atoms. The molecule has 1 aromatic carbocycles. The van der Waals surface area contributed by atoms with Gasteiger partial charge in [0.1, 0.15) is 0 Å². The zero-order valence-corrected chi connectivity index (χ0v) is 9.26. The second-order valence-corrected chi connectivity index (χ2v) is 4.26. The molecule has 0 N–H and O–H groups in total. The number of Topliss-reactive ketones (excluding diaryl/α,β-unsaturated/α-hetero) is 1. The highest BCUT2D eigenvalue weighted by atomic mass is 32.2. The van der Waals surface area contributed by atoms with E-state index in [-0.39, 0.29) is 5.78 Å². The lowest BCUT2D eigenvalue weighted by molar-refractivity contribution is 0.0984. The highest BCUT2D eigenvalue weighted by molar-refractivity contribution is 7.85. The minimum atomic E-state index is -0.957. The van der Waals surface area contributed by atoms with E-state index in [0.717, 1.165) is 0 Å². The van der Waals surface area contributed by atoms with E-state index >= 15 is 0 Å². The van der Waals surface area contributed by atoms with Crippen LogP contribution in [0.2, 0.25) is 0 Å². The van der Waals surface area contributed by atoms with E-state index in [1.165, 1.54) is 0 Å². The number of fused-ring (bicyclic) bond motifs is 1. The SMILES string of the molecule is CC.O=C1CCS(=O)c2ccccc21. The summed E-state index contributed by atoms with van der Waals surface area (Å²) in [5.41, 5.74) is 0.641. The number of carbonyl (C=O) groups excluding carboxylic acids is 1. The lowest BCUT2D eigenvalue weighted by atomic mass is 10.1. The van der Waals surface area contributed by atoms with Crippen molar-refractivity contribution in [1.29, 1.82) is 0 Å². The number of ketones is 1. The first-order valence-electron chi connectivity index (χ1n) is 4.79. The third-order valence-electron chi connectivity index (χ3n) is 1.95. The van der Waals surface area contributed by atoms with Gasteiger partial charge in [-0.3, -0.25) is 9.00 Å². The van der Waals surface area contributed by atoms with Crippen LogP contribution in [-0.2, 0) is 10.8 Å². The number of rotatable bonds is 0. The predicted molar refractivity (Wildman–Crippen MR) is 58.0 cm³/mol. The maximum absolute atomic E-state index is 11.4. The van der Waals surface area contributed by atoms with E-state index < -0.39 is 10.8 Å². The molecule has 2 rings (SSSR count). The lowest BCUT2D eigenvalue weighted by Crippen LogP contribution is -2.16. The highest BCUT2D eigenvalue weighted by Gasteiger charge is 2.21. The molecule has 0 radical (unpaired) electrons. The van der Waals surface area contributed by atoms with E-state index in [1.807, 2.05) is 19.9 Å². The zero-order valence-electron chi connectivity index (χ0n) is 8.45. The van der Waals surface area contributed by atoms with Crippen LogP contribution in [-0.4, -0.2) is 15.7 Å². The summed E-state index contributed by atoms with van der Waals surface area (Å²) in [6.45, 7) is 4.00. The van der Waals surface area contributed by atoms with Crippen molar-refractivity contribution in [3.05, 3.63) is 29.8 Å². The van der Waals surface area contributed by atoms with Gasteiger partial charge in [0.25, 0.3) is 0 Å². The zero-order chi connectivity index (χ0) is 10.6. The normalized spacial score (nSPS) is 19.3. The first kappa shape index (κ1) is 11.1. The quantitative estimate of drug-likeness (QED) is 0.659. The average molecular weight is 210 g/mol. The van der Waals surface area contributed by atoms with Crippen LogP contribution < -0.4 is 0 Å². The van der Waals surface area contributed by atoms with E-state index in [2.05, 4.69) is 0 Å². The number of carbonyl (C=O) groups is 1. The Hall–Kier alpha value is -0.960. The van der Waals surface area contributed by atoms with Crippen molar-refractivity contribution in [2.75, 3.05) is 5.75 Å². The van der Waals surface area contributed by atoms with Gasteiger partial charge in [0.2, 0.25) is 0 Å². The Labute approximate surface area is 86.8 Å². The Morgan fingerprint density at radius 3 is 2.50 bits per heavy atom. The summed E-state index contributed by atoms with van der Waals surface area (Å²) < 4.78 is 11.4. The minimum absolute atomic E-state index is 0.116. The van der Waals surface area contributed by atoms with Crippen molar-refractivity contribution >= 4 is 16.6 Å². The molecule has 76 valence electrons. The summed E-state index contributed by atoms with van der Waals surface area (Å²) in [5, 5.41) is 0. The van der Waals surface area contributed by atoms with Crippen LogP contribution in [0.25, 0.3) is 0 Å². The second-order valence-electron chi connectivity index (χ2n) is 2.72. The topological polar surface area (TPSA) is 34.1 Å². The smallest absolute Gasteiger partial charge is 0.165 e. The van der Waals surface area contributed by atoms with Crippen LogP contribution >= 0.6 is 0 Å². The van der Waals surface area contributed by atoms with Crippen LogP contribution in [0.5, 0.6) is 0 Å². The molecule has 0 fully saturated rings. The van der Waals surface area contributed by atoms with Gasteiger partial charge in [-0.2, -0.15) is 0 Å². The van der Waals surface area contributed by atoms with Crippen molar-refractivity contribution in [3.8, 4) is 0 Å². The largest absolute Gasteiger partial charge is 0.294 e. The van der Waals surface area contributed by atoms with Crippen LogP contribution in [0.15, 0.2) is 29.2 Å². The summed E-state index contributed by atoms with van der Waals surface area (Å²) in [5.74, 6) is 0.598. The van der Waals surface area contributed by atoms with Crippen LogP contribution in [0.3, 0.4) is 0 Å². The molecule has 0 spiro atoms. The fourth-order valence-corrected chi connectivity index (χ4v) is 2.57. The Balaban J connectivity index is 0.000000461. The van der Waals surface area contributed by atoms with E-state index in [4.69, 9.17) is 0 Å². The molecule has 0 aliphatic carbocycles. The molecule has 1 aromatic rings. The molecule has 1 aliphatic rings. The number of benzene rings is 1. The molecule has 0 saturated carbocycles. The van der Waals surface area contributed by atoms with Gasteiger partial charge in [0.15, 0.2) is 5.78 Å². The number of hydrogen-bond acceptors (Lipinski definition) is 2. The van der Waals surface area contributed by atoms with Crippen LogP contribution in [0, 0.1) is 0 Å². The van der Waals surface area contributed by atoms with Gasteiger partial charge in [-0.25, -0.2) is 0 Å². The van der Waals surface area contributed by atoms with Crippen LogP contribution in [0.4, 0.5) is 0 Å². The summed E-state index contributed by atoms with van der Waals surface area (Å²) in [6.07, 6.45) is 0.420. The van der Waals surface area contributed by atoms with E-state index in [9.17, 15) is 9.00 Å². The summed E-state index contributed by atoms with van der Waals surface area (Å²) >= 11 is 0. The third-order valence-corrected chi connectivity index (χ3v) is 3.37. The van der Waals surface area contributed by atoms with Gasteiger partial charge in [0, 0.05) is 22.6 Å². The Morgan fingerprint density at radius 1 is 1.21 bits per heavy atom. The lowest BCUT2D eigenvalue weighted by Gasteiger charge is -2.12. The maximum atomic E-state index is 11.4. The Bertz CT molecular complexity index is 323. The highest BCUT2D eigenvalue weighted by Crippen LogP contribution is 2.20. The predicted octanol–water partition coefficient (Wildman–Crippen LogP) is 2.41. The van der Waals surface area contributed by atoms with Crippen molar-refractivity contribution < 1.29 is 9.00 Å². The van der Waals surface area contributed by atoms with Gasteiger partial charge in [-0.1, -0.05) is 32.0 Å². The molecule has 1 atom stereocenters. The molecule has 1 unspecified atom stereocenters. The molecule has 0 bridgehead atoms. The summed E-state index contributed by atoms with van der Waals surface area (Å²) in [7, 11) is -0.957. The standard InChI is InChI=1S/C9H8O2S.C2H6/c10-8-5-6-12(11)9-4-2-1-3-7(8)9;1-2/h1-4H,5-6H2;1-2H3. The van der Waals surface area contributed by atoms with Gasteiger partial charge < -0.3 is 0 Å². The van der Waals surface area contributed by atoms with Crippen molar-refractivity contribution in [3.63, 3.8) is 0 Å². The van der Waals surface area contributed by atoms with Crippen molar-refractivity contribution in [2.45, 2.75) is 25.2 Å².